The van der Waals surface area contributed by atoms with Gasteiger partial charge >= 0.3 is 5.97 Å². The molecule has 1 aromatic heterocycles. The van der Waals surface area contributed by atoms with Crippen LogP contribution < -0.4 is 5.32 Å². The summed E-state index contributed by atoms with van der Waals surface area (Å²) in [6.45, 7) is 1.73. The molecule has 0 aliphatic heterocycles. The van der Waals surface area contributed by atoms with Crippen LogP contribution in [0.5, 0.6) is 0 Å². The van der Waals surface area contributed by atoms with E-state index in [1.54, 1.807) is 31.2 Å². The second-order valence-corrected chi connectivity index (χ2v) is 6.45. The van der Waals surface area contributed by atoms with E-state index in [-0.39, 0.29) is 39.6 Å². The van der Waals surface area contributed by atoms with Crippen LogP contribution in [-0.2, 0) is 4.79 Å². The van der Waals surface area contributed by atoms with E-state index < -0.39 is 16.8 Å². The highest BCUT2D eigenvalue weighted by molar-refractivity contribution is 6.11. The van der Waals surface area contributed by atoms with E-state index in [1.807, 2.05) is 0 Å². The Balaban J connectivity index is 1.89. The number of carbonyl (C=O) groups excluding carboxylic acids is 1. The molecule has 3 rings (SSSR count). The smallest absolute Gasteiger partial charge is 0.337 e. The highest BCUT2D eigenvalue weighted by Gasteiger charge is 2.19. The zero-order valence-corrected chi connectivity index (χ0v) is 16.2. The molecule has 3 aromatic rings. The molecule has 0 saturated heterocycles. The molecule has 0 saturated carbocycles. The van der Waals surface area contributed by atoms with Gasteiger partial charge in [-0.3, -0.25) is 14.9 Å². The fourth-order valence-corrected chi connectivity index (χ4v) is 2.84. The highest BCUT2D eigenvalue weighted by atomic mass is 16.6. The lowest BCUT2D eigenvalue weighted by molar-refractivity contribution is -0.384. The third kappa shape index (κ3) is 4.65. The van der Waals surface area contributed by atoms with Crippen LogP contribution in [0, 0.1) is 28.4 Å². The zero-order chi connectivity index (χ0) is 22.5. The molecule has 0 atom stereocenters. The van der Waals surface area contributed by atoms with E-state index in [1.165, 1.54) is 42.5 Å². The summed E-state index contributed by atoms with van der Waals surface area (Å²) >= 11 is 0. The average molecular weight is 417 g/mol. The Bertz CT molecular complexity index is 1270. The van der Waals surface area contributed by atoms with Gasteiger partial charge in [-0.05, 0) is 42.8 Å². The van der Waals surface area contributed by atoms with Crippen molar-refractivity contribution < 1.29 is 24.0 Å². The minimum Gasteiger partial charge on any atom is -0.478 e. The van der Waals surface area contributed by atoms with Crippen molar-refractivity contribution in [3.8, 4) is 17.4 Å². The number of benzene rings is 2. The topological polar surface area (TPSA) is 146 Å². The molecule has 1 amide bonds. The van der Waals surface area contributed by atoms with Gasteiger partial charge in [-0.25, -0.2) is 4.79 Å². The number of nitrogens with zero attached hydrogens (tertiary/aromatic N) is 2. The Labute approximate surface area is 176 Å². The van der Waals surface area contributed by atoms with E-state index in [0.29, 0.717) is 5.56 Å². The van der Waals surface area contributed by atoms with Crippen molar-refractivity contribution >= 4 is 29.3 Å². The molecule has 154 valence electrons. The van der Waals surface area contributed by atoms with Gasteiger partial charge in [0, 0.05) is 12.1 Å². The van der Waals surface area contributed by atoms with Crippen LogP contribution in [0.25, 0.3) is 17.4 Å². The van der Waals surface area contributed by atoms with E-state index >= 15 is 0 Å². The van der Waals surface area contributed by atoms with Crippen molar-refractivity contribution in [1.82, 2.24) is 0 Å². The Morgan fingerprint density at radius 1 is 1.19 bits per heavy atom. The molecule has 0 aliphatic rings. The number of para-hydroxylation sites is 1. The highest BCUT2D eigenvalue weighted by Crippen LogP contribution is 2.32. The number of nitro groups is 1. The summed E-state index contributed by atoms with van der Waals surface area (Å²) in [6, 6.07) is 15.2. The first-order valence-corrected chi connectivity index (χ1v) is 8.91. The summed E-state index contributed by atoms with van der Waals surface area (Å²) in [5.41, 5.74) is 0.422. The molecule has 2 N–H and O–H groups in total. The number of nitrogens with one attached hydrogen (secondary N) is 1. The molecule has 0 radical (unpaired) electrons. The third-order valence-electron chi connectivity index (χ3n) is 4.30. The Morgan fingerprint density at radius 2 is 1.94 bits per heavy atom. The molecule has 2 aromatic carbocycles. The van der Waals surface area contributed by atoms with Gasteiger partial charge in [0.1, 0.15) is 23.2 Å². The van der Waals surface area contributed by atoms with Gasteiger partial charge in [0.15, 0.2) is 0 Å². The van der Waals surface area contributed by atoms with E-state index in [0.717, 1.165) is 0 Å². The summed E-state index contributed by atoms with van der Waals surface area (Å²) in [5, 5.41) is 32.3. The minimum atomic E-state index is -1.23. The molecule has 0 aliphatic carbocycles. The van der Waals surface area contributed by atoms with Crippen LogP contribution in [0.1, 0.15) is 21.7 Å². The monoisotopic (exact) mass is 417 g/mol. The van der Waals surface area contributed by atoms with Crippen LogP contribution in [-0.4, -0.2) is 21.9 Å². The van der Waals surface area contributed by atoms with Gasteiger partial charge in [-0.15, -0.1) is 0 Å². The first-order valence-electron chi connectivity index (χ1n) is 8.91. The second-order valence-electron chi connectivity index (χ2n) is 6.45. The molecular weight excluding hydrogens is 402 g/mol. The van der Waals surface area contributed by atoms with Crippen molar-refractivity contribution in [3.05, 3.63) is 87.2 Å². The minimum absolute atomic E-state index is 0.0385. The van der Waals surface area contributed by atoms with Gasteiger partial charge in [0.25, 0.3) is 11.6 Å². The van der Waals surface area contributed by atoms with Crippen LogP contribution >= 0.6 is 0 Å². The summed E-state index contributed by atoms with van der Waals surface area (Å²) in [4.78, 5) is 34.5. The number of amides is 1. The van der Waals surface area contributed by atoms with Crippen molar-refractivity contribution in [2.45, 2.75) is 6.92 Å². The molecule has 0 fully saturated rings. The average Bonchev–Trinajstić information content (AvgIpc) is 3.20. The van der Waals surface area contributed by atoms with Crippen LogP contribution in [0.15, 0.2) is 64.6 Å². The summed E-state index contributed by atoms with van der Waals surface area (Å²) in [7, 11) is 0. The zero-order valence-electron chi connectivity index (χ0n) is 16.2. The fraction of sp³-hybridized carbons (Fsp3) is 0.0455. The Hall–Kier alpha value is -4.71. The lowest BCUT2D eigenvalue weighted by atomic mass is 10.1. The van der Waals surface area contributed by atoms with E-state index in [9.17, 15) is 30.1 Å². The lowest BCUT2D eigenvalue weighted by Crippen LogP contribution is -2.16. The maximum Gasteiger partial charge on any atom is 0.337 e. The fourth-order valence-electron chi connectivity index (χ4n) is 2.84. The van der Waals surface area contributed by atoms with Gasteiger partial charge in [0.2, 0.25) is 0 Å². The van der Waals surface area contributed by atoms with Crippen molar-refractivity contribution in [2.75, 3.05) is 5.32 Å². The largest absolute Gasteiger partial charge is 0.478 e. The predicted octanol–water partition coefficient (Wildman–Crippen LogP) is 4.41. The second kappa shape index (κ2) is 8.75. The third-order valence-corrected chi connectivity index (χ3v) is 4.30. The maximum absolute atomic E-state index is 12.5. The van der Waals surface area contributed by atoms with Gasteiger partial charge in [0.05, 0.1) is 21.7 Å². The number of aromatic carboxylic acids is 1. The number of hydrogen-bond acceptors (Lipinski definition) is 6. The van der Waals surface area contributed by atoms with Crippen molar-refractivity contribution in [1.29, 1.82) is 5.26 Å². The molecule has 31 heavy (non-hydrogen) atoms. The summed E-state index contributed by atoms with van der Waals surface area (Å²) < 4.78 is 5.59. The molecular formula is C22H15N3O6. The molecule has 9 heteroatoms. The van der Waals surface area contributed by atoms with Crippen molar-refractivity contribution in [2.24, 2.45) is 0 Å². The van der Waals surface area contributed by atoms with Gasteiger partial charge < -0.3 is 14.8 Å². The van der Waals surface area contributed by atoms with E-state index in [4.69, 9.17) is 4.42 Å². The Morgan fingerprint density at radius 3 is 2.61 bits per heavy atom. The van der Waals surface area contributed by atoms with Gasteiger partial charge in [-0.2, -0.15) is 5.26 Å². The van der Waals surface area contributed by atoms with Crippen molar-refractivity contribution in [3.63, 3.8) is 0 Å². The Kier molecular flexibility index (Phi) is 5.93. The quantitative estimate of drug-likeness (QED) is 0.261. The molecule has 1 heterocycles. The summed E-state index contributed by atoms with van der Waals surface area (Å²) in [5.74, 6) is -1.72. The van der Waals surface area contributed by atoms with Crippen LogP contribution in [0.4, 0.5) is 11.4 Å². The SMILES string of the molecule is Cc1ccc(-c2ccc(C=C(C#N)C(=O)Nc3ccccc3C(=O)O)o2)c([N+](=O)[O-])c1. The standard InChI is InChI=1S/C22H15N3O6/c1-13-6-8-17(19(10-13)25(29)30)20-9-7-15(31-20)11-14(12-23)21(26)24-18-5-3-2-4-16(18)22(27)28/h2-11H,1H3,(H,24,26)(H,27,28). The number of carbonyl (C=O) groups is 2. The number of rotatable bonds is 6. The van der Waals surface area contributed by atoms with Crippen LogP contribution in [0.2, 0.25) is 0 Å². The molecule has 0 spiro atoms. The van der Waals surface area contributed by atoms with Crippen LogP contribution in [0.3, 0.4) is 0 Å². The number of anilines is 1. The number of aryl methyl sites for hydroxylation is 1. The first-order chi connectivity index (χ1) is 14.8. The summed E-state index contributed by atoms with van der Waals surface area (Å²) in [6.07, 6.45) is 1.17. The number of carboxylic acid groups (broad SMARTS) is 1. The molecule has 9 nitrogen and oxygen atoms in total. The molecule has 0 unspecified atom stereocenters. The number of nitro benzene ring substituents is 1. The molecule has 0 bridgehead atoms. The van der Waals surface area contributed by atoms with E-state index in [2.05, 4.69) is 5.32 Å². The number of carboxylic acids is 1. The maximum atomic E-state index is 12.5. The first kappa shape index (κ1) is 21.0. The lowest BCUT2D eigenvalue weighted by Gasteiger charge is -2.07. The number of hydrogen-bond donors (Lipinski definition) is 2. The van der Waals surface area contributed by atoms with Gasteiger partial charge in [-0.1, -0.05) is 18.2 Å². The normalized spacial score (nSPS) is 10.9. The predicted molar refractivity (Wildman–Crippen MR) is 111 cm³/mol. The number of nitriles is 1. The number of furan rings is 1.